The zero-order valence-corrected chi connectivity index (χ0v) is 24.7. The van der Waals surface area contributed by atoms with Crippen LogP contribution in [0.4, 0.5) is 0 Å². The number of furan rings is 1. The van der Waals surface area contributed by atoms with Crippen molar-refractivity contribution in [1.29, 1.82) is 0 Å². The summed E-state index contributed by atoms with van der Waals surface area (Å²) in [7, 11) is 0. The fourth-order valence-electron chi connectivity index (χ4n) is 7.17. The van der Waals surface area contributed by atoms with Gasteiger partial charge >= 0.3 is 0 Å². The number of benzene rings is 7. The SMILES string of the molecule is c1ccc(-c2nc3ccccc3nc2-n2c3ccc4ccccc4c3c3cccc(-c4cccc5c4oc4ccccc45)c32)cc1. The second-order valence-corrected chi connectivity index (χ2v) is 11.7. The molecule has 7 aromatic carbocycles. The van der Waals surface area contributed by atoms with Crippen molar-refractivity contribution in [3.05, 3.63) is 152 Å². The van der Waals surface area contributed by atoms with E-state index in [-0.39, 0.29) is 0 Å². The largest absolute Gasteiger partial charge is 0.455 e. The van der Waals surface area contributed by atoms with E-state index in [1.165, 1.54) is 16.2 Å². The second kappa shape index (κ2) is 9.62. The molecule has 0 atom stereocenters. The van der Waals surface area contributed by atoms with Crippen molar-refractivity contribution in [2.24, 2.45) is 0 Å². The summed E-state index contributed by atoms with van der Waals surface area (Å²) >= 11 is 0. The van der Waals surface area contributed by atoms with Crippen molar-refractivity contribution in [1.82, 2.24) is 14.5 Å². The average molecular weight is 588 g/mol. The van der Waals surface area contributed by atoms with Crippen molar-refractivity contribution >= 4 is 65.6 Å². The molecular weight excluding hydrogens is 562 g/mol. The van der Waals surface area contributed by atoms with Gasteiger partial charge in [0.1, 0.15) is 16.9 Å². The number of rotatable bonds is 3. The summed E-state index contributed by atoms with van der Waals surface area (Å²) in [6.07, 6.45) is 0. The van der Waals surface area contributed by atoms with Gasteiger partial charge in [-0.2, -0.15) is 0 Å². The number of para-hydroxylation sites is 5. The normalized spacial score (nSPS) is 11.9. The van der Waals surface area contributed by atoms with Gasteiger partial charge in [0.15, 0.2) is 5.82 Å². The summed E-state index contributed by atoms with van der Waals surface area (Å²) in [4.78, 5) is 10.6. The molecule has 0 N–H and O–H groups in total. The third-order valence-corrected chi connectivity index (χ3v) is 9.18. The molecule has 0 amide bonds. The Kier molecular flexibility index (Phi) is 5.25. The predicted molar refractivity (Wildman–Crippen MR) is 190 cm³/mol. The molecule has 46 heavy (non-hydrogen) atoms. The fourth-order valence-corrected chi connectivity index (χ4v) is 7.17. The maximum Gasteiger partial charge on any atom is 0.165 e. The Labute approximate surface area is 263 Å². The highest BCUT2D eigenvalue weighted by Gasteiger charge is 2.24. The molecule has 0 unspecified atom stereocenters. The molecule has 0 aliphatic heterocycles. The zero-order chi connectivity index (χ0) is 30.2. The third-order valence-electron chi connectivity index (χ3n) is 9.18. The Bertz CT molecular complexity index is 2810. The standard InChI is InChI=1S/C42H25N3O/c1-2-13-27(14-3-1)39-42(44-35-22-8-7-21-34(35)43-39)45-36-25-24-26-12-4-5-15-28(26)38(36)33-20-10-17-30(40(33)45)32-19-11-18-31-29-16-6-9-23-37(29)46-41(31)32/h1-25H. The van der Waals surface area contributed by atoms with Crippen LogP contribution in [0, 0.1) is 0 Å². The van der Waals surface area contributed by atoms with Gasteiger partial charge in [0.25, 0.3) is 0 Å². The minimum absolute atomic E-state index is 0.796. The van der Waals surface area contributed by atoms with Crippen LogP contribution in [0.1, 0.15) is 0 Å². The van der Waals surface area contributed by atoms with Gasteiger partial charge in [0.05, 0.1) is 22.1 Å². The van der Waals surface area contributed by atoms with Crippen LogP contribution in [0.5, 0.6) is 0 Å². The van der Waals surface area contributed by atoms with Gasteiger partial charge in [0, 0.05) is 38.2 Å². The highest BCUT2D eigenvalue weighted by molar-refractivity contribution is 6.24. The van der Waals surface area contributed by atoms with Gasteiger partial charge in [-0.25, -0.2) is 9.97 Å². The molecule has 4 heteroatoms. The molecule has 4 nitrogen and oxygen atoms in total. The van der Waals surface area contributed by atoms with Crippen molar-refractivity contribution in [3.8, 4) is 28.2 Å². The second-order valence-electron chi connectivity index (χ2n) is 11.7. The van der Waals surface area contributed by atoms with E-state index in [1.54, 1.807) is 0 Å². The van der Waals surface area contributed by atoms with E-state index in [1.807, 2.05) is 42.5 Å². The number of fused-ring (bicyclic) bond motifs is 9. The van der Waals surface area contributed by atoms with Gasteiger partial charge < -0.3 is 4.42 Å². The van der Waals surface area contributed by atoms with E-state index >= 15 is 0 Å². The summed E-state index contributed by atoms with van der Waals surface area (Å²) in [5.41, 5.74) is 9.61. The molecule has 0 fully saturated rings. The Morgan fingerprint density at radius 3 is 2.02 bits per heavy atom. The van der Waals surface area contributed by atoms with E-state index in [0.717, 1.165) is 77.6 Å². The Balaban J connectivity index is 1.42. The highest BCUT2D eigenvalue weighted by atomic mass is 16.3. The van der Waals surface area contributed by atoms with Crippen LogP contribution in [0.2, 0.25) is 0 Å². The molecule has 0 aliphatic rings. The number of nitrogens with zero attached hydrogens (tertiary/aromatic N) is 3. The van der Waals surface area contributed by atoms with Gasteiger partial charge in [-0.05, 0) is 35.0 Å². The molecule has 0 bridgehead atoms. The fraction of sp³-hybridized carbons (Fsp3) is 0. The molecule has 10 rings (SSSR count). The summed E-state index contributed by atoms with van der Waals surface area (Å²) in [5, 5.41) is 6.98. The molecule has 0 saturated heterocycles. The summed E-state index contributed by atoms with van der Waals surface area (Å²) in [6, 6.07) is 52.9. The topological polar surface area (TPSA) is 43.9 Å². The molecule has 0 saturated carbocycles. The molecular formula is C42H25N3O. The van der Waals surface area contributed by atoms with Crippen LogP contribution in [0.25, 0.3) is 93.8 Å². The zero-order valence-electron chi connectivity index (χ0n) is 24.7. The molecule has 3 heterocycles. The average Bonchev–Trinajstić information content (AvgIpc) is 3.68. The molecule has 3 aromatic heterocycles. The molecule has 0 spiro atoms. The molecule has 0 aliphatic carbocycles. The van der Waals surface area contributed by atoms with Crippen LogP contribution in [-0.2, 0) is 0 Å². The summed E-state index contributed by atoms with van der Waals surface area (Å²) in [6.45, 7) is 0. The van der Waals surface area contributed by atoms with Crippen molar-refractivity contribution in [2.75, 3.05) is 0 Å². The monoisotopic (exact) mass is 587 g/mol. The molecule has 214 valence electrons. The third kappa shape index (κ3) is 3.55. The lowest BCUT2D eigenvalue weighted by Gasteiger charge is -2.15. The first-order chi connectivity index (χ1) is 22.8. The molecule has 0 radical (unpaired) electrons. The van der Waals surface area contributed by atoms with Gasteiger partial charge in [-0.15, -0.1) is 0 Å². The first kappa shape index (κ1) is 25.1. The number of aromatic nitrogens is 3. The van der Waals surface area contributed by atoms with Crippen LogP contribution in [-0.4, -0.2) is 14.5 Å². The van der Waals surface area contributed by atoms with Crippen LogP contribution < -0.4 is 0 Å². The van der Waals surface area contributed by atoms with E-state index in [0.29, 0.717) is 0 Å². The van der Waals surface area contributed by atoms with Crippen molar-refractivity contribution in [2.45, 2.75) is 0 Å². The smallest absolute Gasteiger partial charge is 0.165 e. The van der Waals surface area contributed by atoms with E-state index in [9.17, 15) is 0 Å². The lowest BCUT2D eigenvalue weighted by molar-refractivity contribution is 0.670. The summed E-state index contributed by atoms with van der Waals surface area (Å²) in [5.74, 6) is 0.796. The van der Waals surface area contributed by atoms with Crippen LogP contribution >= 0.6 is 0 Å². The van der Waals surface area contributed by atoms with Crippen LogP contribution in [0.3, 0.4) is 0 Å². The Morgan fingerprint density at radius 2 is 1.15 bits per heavy atom. The van der Waals surface area contributed by atoms with Gasteiger partial charge in [-0.3, -0.25) is 4.57 Å². The quantitative estimate of drug-likeness (QED) is 0.207. The lowest BCUT2D eigenvalue weighted by atomic mass is 9.98. The van der Waals surface area contributed by atoms with Crippen molar-refractivity contribution < 1.29 is 4.42 Å². The number of hydrogen-bond acceptors (Lipinski definition) is 3. The van der Waals surface area contributed by atoms with Crippen molar-refractivity contribution in [3.63, 3.8) is 0 Å². The number of hydrogen-bond donors (Lipinski definition) is 0. The minimum atomic E-state index is 0.796. The summed E-state index contributed by atoms with van der Waals surface area (Å²) < 4.78 is 8.92. The van der Waals surface area contributed by atoms with Gasteiger partial charge in [-0.1, -0.05) is 127 Å². The lowest BCUT2D eigenvalue weighted by Crippen LogP contribution is -2.04. The van der Waals surface area contributed by atoms with E-state index in [2.05, 4.69) is 114 Å². The van der Waals surface area contributed by atoms with E-state index in [4.69, 9.17) is 14.4 Å². The predicted octanol–water partition coefficient (Wildman–Crippen LogP) is 11.1. The maximum absolute atomic E-state index is 6.59. The van der Waals surface area contributed by atoms with Crippen LogP contribution in [0.15, 0.2) is 156 Å². The minimum Gasteiger partial charge on any atom is -0.455 e. The van der Waals surface area contributed by atoms with Gasteiger partial charge in [0.2, 0.25) is 0 Å². The maximum atomic E-state index is 6.59. The highest BCUT2D eigenvalue weighted by Crippen LogP contribution is 2.44. The molecule has 10 aromatic rings. The first-order valence-electron chi connectivity index (χ1n) is 15.5. The Hall–Kier alpha value is -6.26. The Morgan fingerprint density at radius 1 is 0.478 bits per heavy atom. The first-order valence-corrected chi connectivity index (χ1v) is 15.5. The van der Waals surface area contributed by atoms with E-state index < -0.39 is 0 Å².